The lowest BCUT2D eigenvalue weighted by molar-refractivity contribution is 0.350. The minimum absolute atomic E-state index is 0.0408. The number of rotatable bonds is 5. The average molecular weight is 388 g/mol. The molecule has 1 aromatic rings. The van der Waals surface area contributed by atoms with E-state index in [-0.39, 0.29) is 27.1 Å². The molecule has 0 aromatic heterocycles. The molecule has 0 amide bonds. The smallest absolute Gasteiger partial charge is 0.243 e. The van der Waals surface area contributed by atoms with Crippen LogP contribution in [0, 0.1) is 11.2 Å². The molecule has 114 valence electrons. The lowest BCUT2D eigenvalue weighted by Crippen LogP contribution is -2.34. The maximum atomic E-state index is 14.0. The van der Waals surface area contributed by atoms with E-state index < -0.39 is 20.7 Å². The highest BCUT2D eigenvalue weighted by molar-refractivity contribution is 9.10. The fourth-order valence-electron chi connectivity index (χ4n) is 1.29. The average Bonchev–Trinajstić information content (AvgIpc) is 2.38. The molecule has 0 spiro atoms. The minimum atomic E-state index is -4.01. The molecule has 0 aliphatic heterocycles. The third kappa shape index (κ3) is 3.84. The molecule has 0 bridgehead atoms. The first-order valence-corrected chi connectivity index (χ1v) is 8.60. The third-order valence-electron chi connectivity index (χ3n) is 3.14. The van der Waals surface area contributed by atoms with Crippen LogP contribution in [0.4, 0.5) is 10.1 Å². The summed E-state index contributed by atoms with van der Waals surface area (Å²) in [5, 5.41) is 0.0408. The molecule has 0 saturated heterocycles. The van der Waals surface area contributed by atoms with Crippen molar-refractivity contribution in [2.45, 2.75) is 32.1 Å². The van der Waals surface area contributed by atoms with Crippen LogP contribution in [0.1, 0.15) is 27.2 Å². The molecule has 3 N–H and O–H groups in total. The van der Waals surface area contributed by atoms with Gasteiger partial charge in [0, 0.05) is 6.54 Å². The summed E-state index contributed by atoms with van der Waals surface area (Å²) in [4.78, 5) is -0.546. The molecular formula is C12H17BrClFN2O2S. The molecule has 0 radical (unpaired) electrons. The van der Waals surface area contributed by atoms with Crippen LogP contribution in [0.15, 0.2) is 15.4 Å². The zero-order valence-electron chi connectivity index (χ0n) is 11.4. The van der Waals surface area contributed by atoms with E-state index in [2.05, 4.69) is 20.7 Å². The molecule has 0 aliphatic rings. The van der Waals surface area contributed by atoms with Crippen molar-refractivity contribution in [2.75, 3.05) is 12.3 Å². The SMILES string of the molecule is CCC(C)(C)CNS(=O)(=O)c1cc(Cl)c(Br)c(N)c1F. The zero-order valence-corrected chi connectivity index (χ0v) is 14.6. The van der Waals surface area contributed by atoms with Crippen LogP contribution in [-0.2, 0) is 10.0 Å². The number of nitrogens with one attached hydrogen (secondary N) is 1. The van der Waals surface area contributed by atoms with Gasteiger partial charge in [-0.25, -0.2) is 17.5 Å². The van der Waals surface area contributed by atoms with Gasteiger partial charge in [-0.2, -0.15) is 0 Å². The van der Waals surface area contributed by atoms with Crippen molar-refractivity contribution in [3.05, 3.63) is 21.4 Å². The quantitative estimate of drug-likeness (QED) is 0.599. The van der Waals surface area contributed by atoms with Gasteiger partial charge in [0.15, 0.2) is 5.82 Å². The Morgan fingerprint density at radius 1 is 1.50 bits per heavy atom. The van der Waals surface area contributed by atoms with Crippen molar-refractivity contribution in [1.82, 2.24) is 4.72 Å². The summed E-state index contributed by atoms with van der Waals surface area (Å²) in [6, 6.07) is 1.04. The predicted molar refractivity (Wildman–Crippen MR) is 82.8 cm³/mol. The molecule has 1 aromatic carbocycles. The Morgan fingerprint density at radius 3 is 2.55 bits per heavy atom. The lowest BCUT2D eigenvalue weighted by Gasteiger charge is -2.23. The van der Waals surface area contributed by atoms with E-state index in [1.165, 1.54) is 0 Å². The van der Waals surface area contributed by atoms with Crippen LogP contribution in [0.3, 0.4) is 0 Å². The normalized spacial score (nSPS) is 12.7. The maximum absolute atomic E-state index is 14.0. The summed E-state index contributed by atoms with van der Waals surface area (Å²) in [7, 11) is -4.01. The van der Waals surface area contributed by atoms with E-state index in [9.17, 15) is 12.8 Å². The number of benzene rings is 1. The van der Waals surface area contributed by atoms with E-state index >= 15 is 0 Å². The maximum Gasteiger partial charge on any atom is 0.243 e. The molecule has 4 nitrogen and oxygen atoms in total. The van der Waals surface area contributed by atoms with Crippen LogP contribution in [-0.4, -0.2) is 15.0 Å². The molecule has 0 saturated carbocycles. The summed E-state index contributed by atoms with van der Waals surface area (Å²) in [6.07, 6.45) is 0.779. The van der Waals surface area contributed by atoms with Crippen LogP contribution in [0.25, 0.3) is 0 Å². The second-order valence-corrected chi connectivity index (χ2v) is 8.18. The van der Waals surface area contributed by atoms with Crippen molar-refractivity contribution in [1.29, 1.82) is 0 Å². The monoisotopic (exact) mass is 386 g/mol. The zero-order chi connectivity index (χ0) is 15.7. The van der Waals surface area contributed by atoms with Gasteiger partial charge in [0.2, 0.25) is 10.0 Å². The van der Waals surface area contributed by atoms with Gasteiger partial charge in [0.1, 0.15) is 4.90 Å². The summed E-state index contributed by atoms with van der Waals surface area (Å²) in [6.45, 7) is 5.96. The van der Waals surface area contributed by atoms with E-state index in [1.54, 1.807) is 0 Å². The molecule has 0 aliphatic carbocycles. The van der Waals surface area contributed by atoms with Crippen LogP contribution < -0.4 is 10.5 Å². The van der Waals surface area contributed by atoms with Crippen LogP contribution >= 0.6 is 27.5 Å². The number of hydrogen-bond donors (Lipinski definition) is 2. The second kappa shape index (κ2) is 6.17. The number of anilines is 1. The molecule has 0 unspecified atom stereocenters. The highest BCUT2D eigenvalue weighted by Crippen LogP contribution is 2.34. The number of hydrogen-bond acceptors (Lipinski definition) is 3. The van der Waals surface area contributed by atoms with Gasteiger partial charge in [-0.3, -0.25) is 0 Å². The predicted octanol–water partition coefficient (Wildman–Crippen LogP) is 3.54. The molecule has 1 rings (SSSR count). The van der Waals surface area contributed by atoms with E-state index in [1.807, 2.05) is 20.8 Å². The molecule has 0 atom stereocenters. The highest BCUT2D eigenvalue weighted by Gasteiger charge is 2.26. The van der Waals surface area contributed by atoms with Gasteiger partial charge in [-0.05, 0) is 33.8 Å². The third-order valence-corrected chi connectivity index (χ3v) is 5.93. The van der Waals surface area contributed by atoms with E-state index in [0.29, 0.717) is 0 Å². The Hall–Kier alpha value is -0.370. The molecule has 20 heavy (non-hydrogen) atoms. The largest absolute Gasteiger partial charge is 0.395 e. The Bertz CT molecular complexity index is 620. The van der Waals surface area contributed by atoms with Gasteiger partial charge in [-0.15, -0.1) is 0 Å². The van der Waals surface area contributed by atoms with Crippen molar-refractivity contribution in [3.8, 4) is 0 Å². The Morgan fingerprint density at radius 2 is 2.05 bits per heavy atom. The van der Waals surface area contributed by atoms with Crippen molar-refractivity contribution < 1.29 is 12.8 Å². The van der Waals surface area contributed by atoms with Gasteiger partial charge in [0.05, 0.1) is 15.2 Å². The Labute approximate surface area is 132 Å². The lowest BCUT2D eigenvalue weighted by atomic mass is 9.91. The van der Waals surface area contributed by atoms with Gasteiger partial charge >= 0.3 is 0 Å². The summed E-state index contributed by atoms with van der Waals surface area (Å²) in [5.41, 5.74) is 4.94. The van der Waals surface area contributed by atoms with Gasteiger partial charge in [-0.1, -0.05) is 32.4 Å². The van der Waals surface area contributed by atoms with Gasteiger partial charge < -0.3 is 5.73 Å². The number of nitrogen functional groups attached to an aromatic ring is 1. The second-order valence-electron chi connectivity index (χ2n) is 5.24. The molecular weight excluding hydrogens is 371 g/mol. The summed E-state index contributed by atoms with van der Waals surface area (Å²) in [5.74, 6) is -1.01. The minimum Gasteiger partial charge on any atom is -0.395 e. The van der Waals surface area contributed by atoms with Crippen molar-refractivity contribution in [2.24, 2.45) is 5.41 Å². The van der Waals surface area contributed by atoms with Crippen LogP contribution in [0.2, 0.25) is 5.02 Å². The van der Waals surface area contributed by atoms with Crippen molar-refractivity contribution in [3.63, 3.8) is 0 Å². The first-order valence-electron chi connectivity index (χ1n) is 5.94. The molecule has 0 heterocycles. The first kappa shape index (κ1) is 17.7. The highest BCUT2D eigenvalue weighted by atomic mass is 79.9. The number of halogens is 3. The molecule has 0 fully saturated rings. The van der Waals surface area contributed by atoms with E-state index in [0.717, 1.165) is 12.5 Å². The number of sulfonamides is 1. The Kier molecular flexibility index (Phi) is 5.46. The van der Waals surface area contributed by atoms with Crippen LogP contribution in [0.5, 0.6) is 0 Å². The van der Waals surface area contributed by atoms with Crippen molar-refractivity contribution >= 4 is 43.2 Å². The fraction of sp³-hybridized carbons (Fsp3) is 0.500. The summed E-state index contributed by atoms with van der Waals surface area (Å²) < 4.78 is 40.8. The Balaban J connectivity index is 3.18. The summed E-state index contributed by atoms with van der Waals surface area (Å²) >= 11 is 8.83. The topological polar surface area (TPSA) is 72.2 Å². The molecule has 8 heteroatoms. The van der Waals surface area contributed by atoms with Gasteiger partial charge in [0.25, 0.3) is 0 Å². The van der Waals surface area contributed by atoms with E-state index in [4.69, 9.17) is 17.3 Å². The fourth-order valence-corrected chi connectivity index (χ4v) is 3.21. The number of nitrogens with two attached hydrogens (primary N) is 1. The standard InChI is InChI=1S/C12H17BrClFN2O2S/c1-4-12(2,3)6-17-20(18,19)8-5-7(14)9(13)11(16)10(8)15/h5,17H,4,6,16H2,1-3H3. The first-order chi connectivity index (χ1) is 9.02.